The Labute approximate surface area is 64.9 Å². The second kappa shape index (κ2) is 5.46. The molecule has 0 aliphatic rings. The molecule has 0 heterocycles. The molecule has 0 aliphatic heterocycles. The maximum absolute atomic E-state index is 10.3. The zero-order chi connectivity index (χ0) is 8.69. The van der Waals surface area contributed by atoms with Crippen molar-refractivity contribution in [2.75, 3.05) is 0 Å². The molecule has 4 nitrogen and oxygen atoms in total. The maximum atomic E-state index is 10.3. The third kappa shape index (κ3) is 4.13. The Balaban J connectivity index is 3.77. The summed E-state index contributed by atoms with van der Waals surface area (Å²) in [5.41, 5.74) is 0. The molecule has 4 heteroatoms. The number of allylic oxidation sites excluding steroid dienone is 1. The van der Waals surface area contributed by atoms with Crippen molar-refractivity contribution in [1.29, 1.82) is 0 Å². The third-order valence-electron chi connectivity index (χ3n) is 1.23. The molecule has 11 heavy (non-hydrogen) atoms. The summed E-state index contributed by atoms with van der Waals surface area (Å²) in [6, 6.07) is -0.787. The quantitative estimate of drug-likeness (QED) is 0.426. The van der Waals surface area contributed by atoms with Gasteiger partial charge in [-0.3, -0.25) is 4.79 Å². The van der Waals surface area contributed by atoms with E-state index >= 15 is 0 Å². The van der Waals surface area contributed by atoms with Gasteiger partial charge in [-0.05, 0) is 12.8 Å². The van der Waals surface area contributed by atoms with Gasteiger partial charge in [0.05, 0.1) is 0 Å². The summed E-state index contributed by atoms with van der Waals surface area (Å²) < 4.78 is 0. The van der Waals surface area contributed by atoms with Gasteiger partial charge in [0.15, 0.2) is 0 Å². The van der Waals surface area contributed by atoms with Crippen LogP contribution >= 0.6 is 0 Å². The second-order valence-electron chi connectivity index (χ2n) is 2.04. The zero-order valence-electron chi connectivity index (χ0n) is 6.12. The summed E-state index contributed by atoms with van der Waals surface area (Å²) in [7, 11) is 0. The van der Waals surface area contributed by atoms with Gasteiger partial charge in [-0.1, -0.05) is 6.08 Å². The van der Waals surface area contributed by atoms with E-state index in [0.29, 0.717) is 19.3 Å². The van der Waals surface area contributed by atoms with E-state index in [9.17, 15) is 9.59 Å². The summed E-state index contributed by atoms with van der Waals surface area (Å²) >= 11 is 0. The molecule has 0 radical (unpaired) electrons. The van der Waals surface area contributed by atoms with Crippen molar-refractivity contribution in [3.8, 4) is 0 Å². The molecule has 1 amide bonds. The summed E-state index contributed by atoms with van der Waals surface area (Å²) in [4.78, 5) is 20.2. The Kier molecular flexibility index (Phi) is 4.81. The number of hydrogen-bond acceptors (Lipinski definition) is 2. The maximum Gasteiger partial charge on any atom is 0.326 e. The average Bonchev–Trinajstić information content (AvgIpc) is 1.97. The number of nitrogens with one attached hydrogen (secondary N) is 1. The van der Waals surface area contributed by atoms with Crippen LogP contribution in [0.1, 0.15) is 12.8 Å². The number of carboxylic acids is 1. The normalized spacial score (nSPS) is 11.6. The first kappa shape index (κ1) is 9.68. The van der Waals surface area contributed by atoms with E-state index in [0.717, 1.165) is 0 Å². The number of carboxylic acid groups (broad SMARTS) is 1. The van der Waals surface area contributed by atoms with Gasteiger partial charge in [0.1, 0.15) is 6.04 Å². The van der Waals surface area contributed by atoms with Gasteiger partial charge in [-0.25, -0.2) is 4.79 Å². The molecule has 0 rings (SSSR count). The molecule has 1 unspecified atom stereocenters. The molecule has 0 fully saturated rings. The standard InChI is InChI=1S/C7H11NO3/c1-2-3-4-6(7(10)11)8-5-9/h2,5-6H,1,3-4H2,(H,8,9)(H,10,11). The number of rotatable bonds is 6. The number of aliphatic carboxylic acids is 1. The first-order chi connectivity index (χ1) is 5.22. The van der Waals surface area contributed by atoms with E-state index in [1.807, 2.05) is 0 Å². The highest BCUT2D eigenvalue weighted by Gasteiger charge is 2.13. The van der Waals surface area contributed by atoms with Gasteiger partial charge in [-0.2, -0.15) is 0 Å². The molecule has 1 atom stereocenters. The van der Waals surface area contributed by atoms with Crippen LogP contribution in [0.5, 0.6) is 0 Å². The Bertz CT molecular complexity index is 156. The van der Waals surface area contributed by atoms with Crippen LogP contribution in [0.3, 0.4) is 0 Å². The Morgan fingerprint density at radius 2 is 2.36 bits per heavy atom. The molecule has 0 bridgehead atoms. The van der Waals surface area contributed by atoms with E-state index in [4.69, 9.17) is 5.11 Å². The van der Waals surface area contributed by atoms with Gasteiger partial charge >= 0.3 is 5.97 Å². The molecular weight excluding hydrogens is 146 g/mol. The van der Waals surface area contributed by atoms with Gasteiger partial charge in [0.2, 0.25) is 6.41 Å². The highest BCUT2D eigenvalue weighted by Crippen LogP contribution is 1.96. The molecule has 2 N–H and O–H groups in total. The number of carbonyl (C=O) groups is 2. The van der Waals surface area contributed by atoms with Crippen LogP contribution in [0.2, 0.25) is 0 Å². The molecule has 0 aromatic carbocycles. The second-order valence-corrected chi connectivity index (χ2v) is 2.04. The van der Waals surface area contributed by atoms with Crippen LogP contribution in [0, 0.1) is 0 Å². The molecule has 62 valence electrons. The van der Waals surface area contributed by atoms with E-state index in [1.54, 1.807) is 6.08 Å². The number of hydrogen-bond donors (Lipinski definition) is 2. The fourth-order valence-corrected chi connectivity index (χ4v) is 0.645. The predicted molar refractivity (Wildman–Crippen MR) is 40.1 cm³/mol. The number of carbonyl (C=O) groups excluding carboxylic acids is 1. The summed E-state index contributed by atoms with van der Waals surface area (Å²) in [6.07, 6.45) is 2.97. The lowest BCUT2D eigenvalue weighted by atomic mass is 10.1. The van der Waals surface area contributed by atoms with Crippen LogP contribution in [0.25, 0.3) is 0 Å². The SMILES string of the molecule is C=CCCC(NC=O)C(=O)O. The summed E-state index contributed by atoms with van der Waals surface area (Å²) in [5.74, 6) is -1.01. The van der Waals surface area contributed by atoms with E-state index < -0.39 is 12.0 Å². The lowest BCUT2D eigenvalue weighted by molar-refractivity contribution is -0.140. The minimum Gasteiger partial charge on any atom is -0.480 e. The Morgan fingerprint density at radius 1 is 1.73 bits per heavy atom. The van der Waals surface area contributed by atoms with Crippen molar-refractivity contribution in [2.45, 2.75) is 18.9 Å². The molecule has 0 aromatic heterocycles. The van der Waals surface area contributed by atoms with Crippen molar-refractivity contribution >= 4 is 12.4 Å². The summed E-state index contributed by atoms with van der Waals surface area (Å²) in [5, 5.41) is 10.7. The van der Waals surface area contributed by atoms with Crippen LogP contribution in [-0.4, -0.2) is 23.5 Å². The topological polar surface area (TPSA) is 66.4 Å². The van der Waals surface area contributed by atoms with Crippen molar-refractivity contribution in [3.63, 3.8) is 0 Å². The van der Waals surface area contributed by atoms with Crippen LogP contribution in [0.15, 0.2) is 12.7 Å². The van der Waals surface area contributed by atoms with Crippen LogP contribution < -0.4 is 5.32 Å². The Morgan fingerprint density at radius 3 is 2.73 bits per heavy atom. The Hall–Kier alpha value is -1.32. The third-order valence-corrected chi connectivity index (χ3v) is 1.23. The van der Waals surface area contributed by atoms with Gasteiger partial charge in [0, 0.05) is 0 Å². The van der Waals surface area contributed by atoms with Crippen molar-refractivity contribution in [3.05, 3.63) is 12.7 Å². The van der Waals surface area contributed by atoms with E-state index in [1.165, 1.54) is 0 Å². The van der Waals surface area contributed by atoms with Gasteiger partial charge in [0.25, 0.3) is 0 Å². The van der Waals surface area contributed by atoms with Gasteiger partial charge < -0.3 is 10.4 Å². The highest BCUT2D eigenvalue weighted by atomic mass is 16.4. The predicted octanol–water partition coefficient (Wildman–Crippen LogP) is 0.152. The molecule has 0 saturated heterocycles. The minimum atomic E-state index is -1.01. The van der Waals surface area contributed by atoms with Crippen LogP contribution in [0.4, 0.5) is 0 Å². The fourth-order valence-electron chi connectivity index (χ4n) is 0.645. The average molecular weight is 157 g/mol. The molecule has 0 aromatic rings. The van der Waals surface area contributed by atoms with Crippen molar-refractivity contribution < 1.29 is 14.7 Å². The van der Waals surface area contributed by atoms with E-state index in [-0.39, 0.29) is 0 Å². The highest BCUT2D eigenvalue weighted by molar-refractivity contribution is 5.76. The lowest BCUT2D eigenvalue weighted by Crippen LogP contribution is -2.35. The van der Waals surface area contributed by atoms with Crippen molar-refractivity contribution in [2.24, 2.45) is 0 Å². The van der Waals surface area contributed by atoms with Crippen LogP contribution in [-0.2, 0) is 9.59 Å². The molecular formula is C7H11NO3. The smallest absolute Gasteiger partial charge is 0.326 e. The number of amides is 1. The monoisotopic (exact) mass is 157 g/mol. The van der Waals surface area contributed by atoms with E-state index in [2.05, 4.69) is 11.9 Å². The first-order valence-electron chi connectivity index (χ1n) is 3.25. The fraction of sp³-hybridized carbons (Fsp3) is 0.429. The zero-order valence-corrected chi connectivity index (χ0v) is 6.12. The largest absolute Gasteiger partial charge is 0.480 e. The summed E-state index contributed by atoms with van der Waals surface area (Å²) in [6.45, 7) is 3.44. The molecule has 0 aliphatic carbocycles. The molecule has 0 saturated carbocycles. The molecule has 0 spiro atoms. The first-order valence-corrected chi connectivity index (χ1v) is 3.25. The lowest BCUT2D eigenvalue weighted by Gasteiger charge is -2.08. The van der Waals surface area contributed by atoms with Crippen molar-refractivity contribution in [1.82, 2.24) is 5.32 Å². The minimum absolute atomic E-state index is 0.386. The van der Waals surface area contributed by atoms with Gasteiger partial charge in [-0.15, -0.1) is 6.58 Å².